The van der Waals surface area contributed by atoms with Gasteiger partial charge in [0.05, 0.1) is 22.7 Å². The maximum absolute atomic E-state index is 6.92. The van der Waals surface area contributed by atoms with Gasteiger partial charge in [0.15, 0.2) is 0 Å². The van der Waals surface area contributed by atoms with Crippen molar-refractivity contribution in [1.29, 1.82) is 5.41 Å². The van der Waals surface area contributed by atoms with E-state index in [2.05, 4.69) is 5.32 Å². The van der Waals surface area contributed by atoms with E-state index in [-0.39, 0.29) is 0 Å². The minimum absolute atomic E-state index is 0.584. The molecule has 0 amide bonds. The highest BCUT2D eigenvalue weighted by molar-refractivity contribution is 5.82. The minimum atomic E-state index is 0.584. The standard InChI is InChI=1S/C8H12N4.C8H12N2/c1-6-2-3-8(7(10)4-6)12(11)5-9;1-6-3-4-8(10-2)7(9)5-6/h2-5,9H,10-11H2,1H3;3-5,10H,9H2,1-2H3. The molecule has 0 aliphatic heterocycles. The molecule has 8 N–H and O–H groups in total. The fraction of sp³-hybridized carbons (Fsp3) is 0.188. The normalized spacial score (nSPS) is 9.45. The van der Waals surface area contributed by atoms with E-state index in [0.717, 1.165) is 23.3 Å². The van der Waals surface area contributed by atoms with Gasteiger partial charge in [0.25, 0.3) is 0 Å². The Morgan fingerprint density at radius 1 is 1.00 bits per heavy atom. The first-order chi connectivity index (χ1) is 10.4. The van der Waals surface area contributed by atoms with E-state index in [4.69, 9.17) is 22.7 Å². The first-order valence-corrected chi connectivity index (χ1v) is 6.83. The molecule has 0 fully saturated rings. The van der Waals surface area contributed by atoms with Gasteiger partial charge in [-0.15, -0.1) is 0 Å². The van der Waals surface area contributed by atoms with Crippen molar-refractivity contribution < 1.29 is 0 Å². The Kier molecular flexibility index (Phi) is 6.22. The Hall–Kier alpha value is -2.73. The van der Waals surface area contributed by atoms with E-state index >= 15 is 0 Å². The second-order valence-electron chi connectivity index (χ2n) is 4.94. The van der Waals surface area contributed by atoms with E-state index in [9.17, 15) is 0 Å². The topological polar surface area (TPSA) is 117 Å². The van der Waals surface area contributed by atoms with Crippen LogP contribution in [0.2, 0.25) is 0 Å². The summed E-state index contributed by atoms with van der Waals surface area (Å²) in [5.74, 6) is 5.46. The SMILES string of the molecule is CNc1ccc(C)cc1N.Cc1ccc(N(N)C=N)c(N)c1. The quantitative estimate of drug-likeness (QED) is 0.196. The second-order valence-corrected chi connectivity index (χ2v) is 4.94. The van der Waals surface area contributed by atoms with Gasteiger partial charge in [-0.1, -0.05) is 12.1 Å². The lowest BCUT2D eigenvalue weighted by atomic mass is 10.2. The largest absolute Gasteiger partial charge is 0.397 e. The highest BCUT2D eigenvalue weighted by Crippen LogP contribution is 2.20. The van der Waals surface area contributed by atoms with Crippen molar-refractivity contribution in [2.45, 2.75) is 13.8 Å². The smallest absolute Gasteiger partial charge is 0.101 e. The molecular weight excluding hydrogens is 276 g/mol. The van der Waals surface area contributed by atoms with Gasteiger partial charge in [0.2, 0.25) is 0 Å². The average Bonchev–Trinajstić information content (AvgIpc) is 2.47. The number of nitrogens with zero attached hydrogens (tertiary/aromatic N) is 1. The third-order valence-corrected chi connectivity index (χ3v) is 3.08. The van der Waals surface area contributed by atoms with Gasteiger partial charge in [-0.25, -0.2) is 5.84 Å². The maximum atomic E-state index is 6.92. The van der Waals surface area contributed by atoms with Crippen LogP contribution in [-0.2, 0) is 0 Å². The number of nitrogens with two attached hydrogens (primary N) is 3. The van der Waals surface area contributed by atoms with E-state index in [1.807, 2.05) is 51.2 Å². The van der Waals surface area contributed by atoms with Crippen LogP contribution in [0.3, 0.4) is 0 Å². The molecule has 2 rings (SSSR count). The van der Waals surface area contributed by atoms with Gasteiger partial charge < -0.3 is 16.8 Å². The predicted octanol–water partition coefficient (Wildman–Crippen LogP) is 2.48. The number of nitrogens with one attached hydrogen (secondary N) is 2. The lowest BCUT2D eigenvalue weighted by molar-refractivity contribution is 1.14. The van der Waals surface area contributed by atoms with Crippen LogP contribution in [-0.4, -0.2) is 13.4 Å². The third-order valence-electron chi connectivity index (χ3n) is 3.08. The number of aryl methyl sites for hydroxylation is 2. The summed E-state index contributed by atoms with van der Waals surface area (Å²) in [5, 5.41) is 11.1. The number of anilines is 4. The summed E-state index contributed by atoms with van der Waals surface area (Å²) in [6.45, 7) is 3.97. The molecule has 0 aliphatic rings. The van der Waals surface area contributed by atoms with Gasteiger partial charge in [-0.2, -0.15) is 0 Å². The van der Waals surface area contributed by atoms with Crippen LogP contribution in [0.4, 0.5) is 22.7 Å². The lowest BCUT2D eigenvalue weighted by Gasteiger charge is -2.14. The van der Waals surface area contributed by atoms with Gasteiger partial charge in [0, 0.05) is 7.05 Å². The molecule has 0 heterocycles. The number of benzene rings is 2. The van der Waals surface area contributed by atoms with Gasteiger partial charge in [-0.05, 0) is 49.2 Å². The van der Waals surface area contributed by atoms with Crippen LogP contribution in [0.5, 0.6) is 0 Å². The van der Waals surface area contributed by atoms with E-state index < -0.39 is 0 Å². The fourth-order valence-electron chi connectivity index (χ4n) is 1.89. The minimum Gasteiger partial charge on any atom is -0.397 e. The van der Waals surface area contributed by atoms with Crippen LogP contribution in [0.1, 0.15) is 11.1 Å². The number of nitrogen functional groups attached to an aromatic ring is 2. The molecule has 0 aliphatic carbocycles. The van der Waals surface area contributed by atoms with Gasteiger partial charge >= 0.3 is 0 Å². The zero-order valence-electron chi connectivity index (χ0n) is 13.2. The van der Waals surface area contributed by atoms with Gasteiger partial charge in [-0.3, -0.25) is 10.4 Å². The van der Waals surface area contributed by atoms with E-state index in [0.29, 0.717) is 11.4 Å². The molecule has 0 saturated carbocycles. The monoisotopic (exact) mass is 300 g/mol. The van der Waals surface area contributed by atoms with Crippen molar-refractivity contribution in [3.63, 3.8) is 0 Å². The Morgan fingerprint density at radius 3 is 2.00 bits per heavy atom. The molecule has 0 atom stereocenters. The Labute approximate surface area is 131 Å². The fourth-order valence-corrected chi connectivity index (χ4v) is 1.89. The van der Waals surface area contributed by atoms with Crippen LogP contribution < -0.4 is 27.6 Å². The molecular formula is C16H24N6. The molecule has 2 aromatic carbocycles. The van der Waals surface area contributed by atoms with Crippen molar-refractivity contribution >= 4 is 29.1 Å². The highest BCUT2D eigenvalue weighted by atomic mass is 15.4. The van der Waals surface area contributed by atoms with Crippen LogP contribution in [0.15, 0.2) is 36.4 Å². The molecule has 22 heavy (non-hydrogen) atoms. The summed E-state index contributed by atoms with van der Waals surface area (Å²) in [6, 6.07) is 11.5. The third kappa shape index (κ3) is 4.68. The molecule has 2 aromatic rings. The number of hydrazine groups is 1. The summed E-state index contributed by atoms with van der Waals surface area (Å²) < 4.78 is 0. The predicted molar refractivity (Wildman–Crippen MR) is 96.2 cm³/mol. The summed E-state index contributed by atoms with van der Waals surface area (Å²) in [7, 11) is 1.86. The molecule has 0 spiro atoms. The van der Waals surface area contributed by atoms with Crippen molar-refractivity contribution in [2.75, 3.05) is 28.8 Å². The van der Waals surface area contributed by atoms with Crippen LogP contribution in [0.25, 0.3) is 0 Å². The summed E-state index contributed by atoms with van der Waals surface area (Å²) >= 11 is 0. The van der Waals surface area contributed by atoms with Crippen molar-refractivity contribution in [1.82, 2.24) is 0 Å². The number of hydrogen-bond acceptors (Lipinski definition) is 5. The molecule has 0 bridgehead atoms. The van der Waals surface area contributed by atoms with Crippen molar-refractivity contribution in [3.8, 4) is 0 Å². The molecule has 118 valence electrons. The summed E-state index contributed by atoms with van der Waals surface area (Å²) in [5.41, 5.74) is 16.6. The summed E-state index contributed by atoms with van der Waals surface area (Å²) in [4.78, 5) is 0. The Bertz CT molecular complexity index is 639. The number of rotatable bonds is 3. The van der Waals surface area contributed by atoms with E-state index in [1.165, 1.54) is 10.6 Å². The summed E-state index contributed by atoms with van der Waals surface area (Å²) in [6.07, 6.45) is 1.01. The lowest BCUT2D eigenvalue weighted by Crippen LogP contribution is -2.29. The van der Waals surface area contributed by atoms with Gasteiger partial charge in [0.1, 0.15) is 6.34 Å². The van der Waals surface area contributed by atoms with Crippen molar-refractivity contribution in [3.05, 3.63) is 47.5 Å². The Morgan fingerprint density at radius 2 is 1.55 bits per heavy atom. The van der Waals surface area contributed by atoms with E-state index in [1.54, 1.807) is 6.07 Å². The molecule has 0 saturated heterocycles. The second kappa shape index (κ2) is 7.90. The Balaban J connectivity index is 0.000000224. The van der Waals surface area contributed by atoms with Crippen LogP contribution >= 0.6 is 0 Å². The zero-order chi connectivity index (χ0) is 16.7. The zero-order valence-corrected chi connectivity index (χ0v) is 13.2. The molecule has 0 aromatic heterocycles. The molecule has 6 nitrogen and oxygen atoms in total. The first kappa shape index (κ1) is 17.3. The maximum Gasteiger partial charge on any atom is 0.101 e. The molecule has 0 radical (unpaired) electrons. The first-order valence-electron chi connectivity index (χ1n) is 6.83. The molecule has 0 unspecified atom stereocenters. The van der Waals surface area contributed by atoms with Crippen molar-refractivity contribution in [2.24, 2.45) is 5.84 Å². The molecule has 6 heteroatoms. The highest BCUT2D eigenvalue weighted by Gasteiger charge is 2.02. The average molecular weight is 300 g/mol. The number of hydrogen-bond donors (Lipinski definition) is 5. The van der Waals surface area contributed by atoms with Crippen LogP contribution in [0, 0.1) is 19.3 Å².